The number of hydrogen-bond acceptors (Lipinski definition) is 7. The molecule has 0 radical (unpaired) electrons. The lowest BCUT2D eigenvalue weighted by Gasteiger charge is -2.24. The quantitative estimate of drug-likeness (QED) is 0.0211. The molecule has 0 aliphatic carbocycles. The third-order valence-corrected chi connectivity index (χ3v) is 15.8. The monoisotopic (exact) mass is 1130 g/mol. The summed E-state index contributed by atoms with van der Waals surface area (Å²) in [6.07, 6.45) is 79.2. The average Bonchev–Trinajstić information content (AvgIpc) is 3.41. The molecule has 0 fully saturated rings. The molecule has 2 atom stereocenters. The van der Waals surface area contributed by atoms with Crippen molar-refractivity contribution in [2.45, 2.75) is 322 Å². The summed E-state index contributed by atoms with van der Waals surface area (Å²) in [5, 5.41) is 0. The number of carbonyl (C=O) groups excluding carboxylic acids is 2. The number of ether oxygens (including phenoxy) is 2. The largest absolute Gasteiger partial charge is 0.472 e. The summed E-state index contributed by atoms with van der Waals surface area (Å²) in [4.78, 5) is 35.7. The minimum Gasteiger partial charge on any atom is -0.462 e. The highest BCUT2D eigenvalue weighted by Gasteiger charge is 2.27. The fraction of sp³-hybridized carbons (Fsp3) is 0.826. The second kappa shape index (κ2) is 60.3. The van der Waals surface area contributed by atoms with Crippen molar-refractivity contribution < 1.29 is 42.1 Å². The second-order valence-electron chi connectivity index (χ2n) is 23.9. The number of unbranched alkanes of at least 4 members (excludes halogenated alkanes) is 38. The van der Waals surface area contributed by atoms with Crippen LogP contribution < -0.4 is 0 Å². The molecule has 0 aromatic carbocycles. The lowest BCUT2D eigenvalue weighted by molar-refractivity contribution is -0.870. The number of esters is 2. The maximum Gasteiger partial charge on any atom is 0.472 e. The molecule has 0 bridgehead atoms. The lowest BCUT2D eigenvalue weighted by atomic mass is 10.0. The number of nitrogens with zero attached hydrogens (tertiary/aromatic N) is 1. The highest BCUT2D eigenvalue weighted by molar-refractivity contribution is 7.47. The van der Waals surface area contributed by atoms with Crippen LogP contribution in [0.1, 0.15) is 316 Å². The Morgan fingerprint density at radius 1 is 0.392 bits per heavy atom. The summed E-state index contributed by atoms with van der Waals surface area (Å²) in [6.45, 7) is 4.39. The van der Waals surface area contributed by atoms with Gasteiger partial charge in [0.1, 0.15) is 19.8 Å². The molecule has 0 amide bonds. The van der Waals surface area contributed by atoms with Crippen molar-refractivity contribution >= 4 is 19.8 Å². The zero-order valence-corrected chi connectivity index (χ0v) is 53.5. The van der Waals surface area contributed by atoms with E-state index in [9.17, 15) is 19.0 Å². The zero-order valence-electron chi connectivity index (χ0n) is 52.6. The van der Waals surface area contributed by atoms with E-state index in [4.69, 9.17) is 18.5 Å². The van der Waals surface area contributed by atoms with Gasteiger partial charge in [-0.25, -0.2) is 4.57 Å². The van der Waals surface area contributed by atoms with Gasteiger partial charge >= 0.3 is 19.8 Å². The molecule has 0 saturated heterocycles. The van der Waals surface area contributed by atoms with E-state index in [-0.39, 0.29) is 32.0 Å². The van der Waals surface area contributed by atoms with E-state index in [2.05, 4.69) is 74.6 Å². The molecule has 0 aliphatic heterocycles. The standard InChI is InChI=1S/C69H128NO8P/c1-6-8-10-12-14-16-18-20-22-23-24-25-26-27-28-29-30-31-32-33-34-35-36-37-38-39-40-41-42-43-44-45-46-47-48-50-52-54-56-58-60-62-69(72)78-67(66-77-79(73,74)76-64-63-70(3,4)5)65-75-68(71)61-59-57-55-53-51-49-21-19-17-15-13-11-9-7-2/h13,15,18-21,23-24,26-27,67H,6-12,14,16-17,22,25,28-66H2,1-5H3/p+1/b15-13-,20-18-,21-19-,24-23-,27-26-. The number of carbonyl (C=O) groups is 2. The van der Waals surface area contributed by atoms with E-state index < -0.39 is 26.5 Å². The summed E-state index contributed by atoms with van der Waals surface area (Å²) in [5.74, 6) is -0.803. The van der Waals surface area contributed by atoms with Crippen LogP contribution in [0.5, 0.6) is 0 Å². The van der Waals surface area contributed by atoms with Crippen LogP contribution in [0.2, 0.25) is 0 Å². The van der Waals surface area contributed by atoms with Gasteiger partial charge in [0, 0.05) is 12.8 Å². The molecule has 0 spiro atoms. The summed E-state index contributed by atoms with van der Waals surface area (Å²) in [6, 6.07) is 0. The van der Waals surface area contributed by atoms with Gasteiger partial charge in [-0.05, 0) is 77.0 Å². The van der Waals surface area contributed by atoms with E-state index in [1.54, 1.807) is 0 Å². The minimum absolute atomic E-state index is 0.0299. The maximum atomic E-state index is 12.8. The Morgan fingerprint density at radius 2 is 0.696 bits per heavy atom. The van der Waals surface area contributed by atoms with Gasteiger partial charge in [0.05, 0.1) is 27.7 Å². The van der Waals surface area contributed by atoms with Crippen LogP contribution >= 0.6 is 7.82 Å². The van der Waals surface area contributed by atoms with Gasteiger partial charge in [-0.1, -0.05) is 286 Å². The highest BCUT2D eigenvalue weighted by atomic mass is 31.2. The molecular formula is C69H129NO8P+. The normalized spacial score (nSPS) is 13.5. The van der Waals surface area contributed by atoms with Gasteiger partial charge in [0.2, 0.25) is 0 Å². The minimum atomic E-state index is -4.39. The first-order chi connectivity index (χ1) is 38.5. The molecule has 0 aliphatic rings. The Labute approximate surface area is 489 Å². The average molecular weight is 1130 g/mol. The Balaban J connectivity index is 3.86. The van der Waals surface area contributed by atoms with Crippen molar-refractivity contribution in [3.63, 3.8) is 0 Å². The van der Waals surface area contributed by atoms with E-state index in [0.717, 1.165) is 70.6 Å². The van der Waals surface area contributed by atoms with Crippen LogP contribution in [0.3, 0.4) is 0 Å². The van der Waals surface area contributed by atoms with E-state index in [1.165, 1.54) is 212 Å². The molecule has 2 unspecified atom stereocenters. The number of quaternary nitrogens is 1. The van der Waals surface area contributed by atoms with E-state index in [0.29, 0.717) is 17.4 Å². The molecule has 1 N–H and O–H groups in total. The predicted octanol–water partition coefficient (Wildman–Crippen LogP) is 21.4. The molecule has 0 heterocycles. The van der Waals surface area contributed by atoms with Crippen LogP contribution in [-0.2, 0) is 32.7 Å². The number of phosphoric acid groups is 1. The van der Waals surface area contributed by atoms with Gasteiger partial charge < -0.3 is 18.9 Å². The molecule has 9 nitrogen and oxygen atoms in total. The van der Waals surface area contributed by atoms with E-state index >= 15 is 0 Å². The Kier molecular flexibility index (Phi) is 58.6. The fourth-order valence-electron chi connectivity index (χ4n) is 9.57. The molecule has 0 aromatic rings. The molecule has 0 aromatic heterocycles. The number of likely N-dealkylation sites (N-methyl/N-ethyl adjacent to an activating group) is 1. The van der Waals surface area contributed by atoms with Gasteiger partial charge in [0.25, 0.3) is 0 Å². The van der Waals surface area contributed by atoms with Crippen LogP contribution in [0.15, 0.2) is 60.8 Å². The van der Waals surface area contributed by atoms with Gasteiger partial charge in [-0.2, -0.15) is 0 Å². The lowest BCUT2D eigenvalue weighted by Crippen LogP contribution is -2.37. The smallest absolute Gasteiger partial charge is 0.462 e. The van der Waals surface area contributed by atoms with Gasteiger partial charge in [0.15, 0.2) is 6.10 Å². The van der Waals surface area contributed by atoms with Crippen molar-refractivity contribution in [2.24, 2.45) is 0 Å². The first-order valence-corrected chi connectivity index (χ1v) is 35.0. The van der Waals surface area contributed by atoms with Gasteiger partial charge in [-0.15, -0.1) is 0 Å². The highest BCUT2D eigenvalue weighted by Crippen LogP contribution is 2.43. The summed E-state index contributed by atoms with van der Waals surface area (Å²) in [7, 11) is 1.48. The second-order valence-corrected chi connectivity index (χ2v) is 25.3. The summed E-state index contributed by atoms with van der Waals surface area (Å²) >= 11 is 0. The Hall–Kier alpha value is -2.29. The van der Waals surface area contributed by atoms with Crippen molar-refractivity contribution in [1.29, 1.82) is 0 Å². The summed E-state index contributed by atoms with van der Waals surface area (Å²) in [5.41, 5.74) is 0. The van der Waals surface area contributed by atoms with Crippen molar-refractivity contribution in [1.82, 2.24) is 0 Å². The maximum absolute atomic E-state index is 12.8. The Bertz CT molecular complexity index is 1520. The molecular weight excluding hydrogens is 1000 g/mol. The predicted molar refractivity (Wildman–Crippen MR) is 340 cm³/mol. The Morgan fingerprint density at radius 3 is 1.05 bits per heavy atom. The topological polar surface area (TPSA) is 108 Å². The fourth-order valence-corrected chi connectivity index (χ4v) is 10.3. The van der Waals surface area contributed by atoms with Crippen molar-refractivity contribution in [3.05, 3.63) is 60.8 Å². The SMILES string of the molecule is CCCC/C=C\C/C=C\CCCCCCCC(=O)OCC(COP(=O)(O)OCC[N+](C)(C)C)OC(=O)CCCCCCCCCCCCCCCCCCCCCCCCCCCC/C=C\C/C=C\C/C=C\CCCCCCC. The number of rotatable bonds is 62. The van der Waals surface area contributed by atoms with Crippen LogP contribution in [0.25, 0.3) is 0 Å². The van der Waals surface area contributed by atoms with Crippen molar-refractivity contribution in [3.8, 4) is 0 Å². The van der Waals surface area contributed by atoms with Crippen LogP contribution in [-0.4, -0.2) is 74.9 Å². The zero-order chi connectivity index (χ0) is 57.7. The van der Waals surface area contributed by atoms with E-state index in [1.807, 2.05) is 21.1 Å². The number of hydrogen-bond donors (Lipinski definition) is 1. The van der Waals surface area contributed by atoms with Gasteiger partial charge in [-0.3, -0.25) is 18.6 Å². The third-order valence-electron chi connectivity index (χ3n) is 14.8. The number of allylic oxidation sites excluding steroid dienone is 10. The third kappa shape index (κ3) is 64.7. The van der Waals surface area contributed by atoms with Crippen LogP contribution in [0, 0.1) is 0 Å². The molecule has 10 heteroatoms. The first kappa shape index (κ1) is 76.7. The molecule has 0 rings (SSSR count). The summed E-state index contributed by atoms with van der Waals surface area (Å²) < 4.78 is 34.6. The molecule has 79 heavy (non-hydrogen) atoms. The van der Waals surface area contributed by atoms with Crippen molar-refractivity contribution in [2.75, 3.05) is 47.5 Å². The number of phosphoric ester groups is 1. The molecule has 462 valence electrons. The first-order valence-electron chi connectivity index (χ1n) is 33.5. The molecule has 0 saturated carbocycles. The van der Waals surface area contributed by atoms with Crippen LogP contribution in [0.4, 0.5) is 0 Å².